The number of hydrogen-bond donors (Lipinski definition) is 0. The Morgan fingerprint density at radius 1 is 0.931 bits per heavy atom. The second-order valence-corrected chi connectivity index (χ2v) is 8.73. The van der Waals surface area contributed by atoms with Crippen molar-refractivity contribution in [2.75, 3.05) is 0 Å². The molecule has 0 aliphatic heterocycles. The molecule has 1 aromatic carbocycles. The van der Waals surface area contributed by atoms with E-state index in [1.807, 2.05) is 0 Å². The van der Waals surface area contributed by atoms with Crippen LogP contribution in [0.25, 0.3) is 0 Å². The lowest BCUT2D eigenvalue weighted by Gasteiger charge is -2.38. The van der Waals surface area contributed by atoms with Crippen LogP contribution in [0.4, 0.5) is 17.6 Å². The third kappa shape index (κ3) is 5.99. The molecule has 2 saturated carbocycles. The van der Waals surface area contributed by atoms with E-state index >= 15 is 0 Å². The van der Waals surface area contributed by atoms with Gasteiger partial charge in [0.2, 0.25) is 0 Å². The molecule has 162 valence electrons. The molecule has 0 bridgehead atoms. The first kappa shape index (κ1) is 22.2. The fourth-order valence-corrected chi connectivity index (χ4v) is 5.39. The Balaban J connectivity index is 1.50. The fourth-order valence-electron chi connectivity index (χ4n) is 5.39. The molecule has 0 radical (unpaired) electrons. The first-order chi connectivity index (χ1) is 14.0. The van der Waals surface area contributed by atoms with Crippen LogP contribution in [0.2, 0.25) is 0 Å². The minimum absolute atomic E-state index is 0.0908. The van der Waals surface area contributed by atoms with Crippen molar-refractivity contribution in [3.63, 3.8) is 0 Å². The first-order valence-corrected chi connectivity index (χ1v) is 11.0. The second-order valence-electron chi connectivity index (χ2n) is 8.73. The Morgan fingerprint density at radius 3 is 2.00 bits per heavy atom. The van der Waals surface area contributed by atoms with Crippen LogP contribution < -0.4 is 4.74 Å². The van der Waals surface area contributed by atoms with Gasteiger partial charge in [-0.3, -0.25) is 0 Å². The summed E-state index contributed by atoms with van der Waals surface area (Å²) in [6.45, 7) is -1.17. The van der Waals surface area contributed by atoms with Gasteiger partial charge >= 0.3 is 6.61 Å². The highest BCUT2D eigenvalue weighted by molar-refractivity contribution is 5.33. The van der Waals surface area contributed by atoms with Crippen LogP contribution in [0.15, 0.2) is 24.3 Å². The van der Waals surface area contributed by atoms with Crippen molar-refractivity contribution in [2.45, 2.75) is 83.7 Å². The van der Waals surface area contributed by atoms with E-state index in [0.717, 1.165) is 37.5 Å². The van der Waals surface area contributed by atoms with Gasteiger partial charge in [-0.25, -0.2) is 8.78 Å². The molecule has 29 heavy (non-hydrogen) atoms. The highest BCUT2D eigenvalue weighted by atomic mass is 19.3. The molecular weight excluding hydrogens is 380 g/mol. The third-order valence-corrected chi connectivity index (χ3v) is 7.01. The second kappa shape index (κ2) is 10.5. The summed E-state index contributed by atoms with van der Waals surface area (Å²) < 4.78 is 56.6. The zero-order valence-corrected chi connectivity index (χ0v) is 17.2. The average Bonchev–Trinajstić information content (AvgIpc) is 2.71. The van der Waals surface area contributed by atoms with E-state index in [1.165, 1.54) is 50.7 Å². The van der Waals surface area contributed by atoms with E-state index in [2.05, 4.69) is 23.8 Å². The summed E-state index contributed by atoms with van der Waals surface area (Å²) >= 11 is 0. The number of benzene rings is 1. The van der Waals surface area contributed by atoms with Crippen molar-refractivity contribution < 1.29 is 22.3 Å². The van der Waals surface area contributed by atoms with Gasteiger partial charge in [0.25, 0.3) is 0 Å². The molecule has 0 atom stereocenters. The lowest BCUT2D eigenvalue weighted by Crippen LogP contribution is -2.25. The first-order valence-electron chi connectivity index (χ1n) is 11.0. The molecule has 2 fully saturated rings. The molecule has 3 rings (SSSR count). The van der Waals surface area contributed by atoms with Crippen LogP contribution >= 0.6 is 0 Å². The third-order valence-electron chi connectivity index (χ3n) is 7.01. The molecule has 5 heteroatoms. The molecule has 2 aliphatic carbocycles. The minimum Gasteiger partial charge on any atom is -0.429 e. The zero-order chi connectivity index (χ0) is 20.8. The Kier molecular flexibility index (Phi) is 8.02. The van der Waals surface area contributed by atoms with E-state index in [0.29, 0.717) is 11.5 Å². The quantitative estimate of drug-likeness (QED) is 0.326. The van der Waals surface area contributed by atoms with Gasteiger partial charge in [0.15, 0.2) is 17.4 Å². The smallest absolute Gasteiger partial charge is 0.387 e. The number of hydrogen-bond acceptors (Lipinski definition) is 1. The molecule has 0 aromatic heterocycles. The highest BCUT2D eigenvalue weighted by Gasteiger charge is 2.31. The van der Waals surface area contributed by atoms with Crippen molar-refractivity contribution in [1.82, 2.24) is 0 Å². The summed E-state index contributed by atoms with van der Waals surface area (Å²) in [7, 11) is 0. The van der Waals surface area contributed by atoms with Crippen molar-refractivity contribution in [3.05, 3.63) is 41.5 Å². The lowest BCUT2D eigenvalue weighted by molar-refractivity contribution is -0.0546. The van der Waals surface area contributed by atoms with Gasteiger partial charge < -0.3 is 4.74 Å². The largest absolute Gasteiger partial charge is 0.429 e. The number of rotatable bonds is 7. The van der Waals surface area contributed by atoms with Crippen LogP contribution in [0.1, 0.15) is 82.6 Å². The number of alkyl halides is 2. The van der Waals surface area contributed by atoms with E-state index in [-0.39, 0.29) is 5.92 Å². The van der Waals surface area contributed by atoms with Gasteiger partial charge in [0.05, 0.1) is 0 Å². The molecule has 2 aliphatic rings. The Labute approximate surface area is 171 Å². The van der Waals surface area contributed by atoms with Gasteiger partial charge in [-0.2, -0.15) is 8.78 Å². The van der Waals surface area contributed by atoms with E-state index in [9.17, 15) is 17.6 Å². The van der Waals surface area contributed by atoms with Crippen molar-refractivity contribution in [2.24, 2.45) is 17.8 Å². The number of ether oxygens (including phenoxy) is 1. The van der Waals surface area contributed by atoms with Crippen molar-refractivity contribution in [3.8, 4) is 5.75 Å². The SMILES string of the molecule is CC=CCCC1CCC(C2CCC(c3cc(F)c(OC(F)F)c(F)c3)CC2)CC1. The summed E-state index contributed by atoms with van der Waals surface area (Å²) in [5, 5.41) is 0. The Bertz CT molecular complexity index is 648. The topological polar surface area (TPSA) is 9.23 Å². The van der Waals surface area contributed by atoms with Crippen LogP contribution in [0, 0.1) is 29.4 Å². The molecule has 0 N–H and O–H groups in total. The average molecular weight is 413 g/mol. The summed E-state index contributed by atoms with van der Waals surface area (Å²) in [6, 6.07) is 2.34. The molecule has 0 spiro atoms. The molecule has 0 saturated heterocycles. The predicted octanol–water partition coefficient (Wildman–Crippen LogP) is 8.00. The Hall–Kier alpha value is -1.52. The van der Waals surface area contributed by atoms with Crippen LogP contribution in [0.3, 0.4) is 0 Å². The Morgan fingerprint density at radius 2 is 1.48 bits per heavy atom. The standard InChI is InChI=1S/C24H32F4O/c1-2-3-4-5-16-6-8-17(9-7-16)18-10-12-19(13-11-18)20-14-21(25)23(22(26)15-20)29-24(27)28/h2-3,14-19,24H,4-13H2,1H3. The molecule has 1 nitrogen and oxygen atoms in total. The van der Waals surface area contributed by atoms with Gasteiger partial charge in [0.1, 0.15) is 0 Å². The molecule has 0 unspecified atom stereocenters. The summed E-state index contributed by atoms with van der Waals surface area (Å²) in [6.07, 6.45) is 16.1. The van der Waals surface area contributed by atoms with E-state index in [1.54, 1.807) is 0 Å². The summed E-state index contributed by atoms with van der Waals surface area (Å²) in [4.78, 5) is 0. The van der Waals surface area contributed by atoms with Gasteiger partial charge in [-0.05, 0) is 99.7 Å². The fraction of sp³-hybridized carbons (Fsp3) is 0.667. The number of allylic oxidation sites excluding steroid dienone is 2. The maximum Gasteiger partial charge on any atom is 0.387 e. The minimum atomic E-state index is -3.24. The maximum atomic E-state index is 14.0. The van der Waals surface area contributed by atoms with Crippen LogP contribution in [0.5, 0.6) is 5.75 Å². The highest BCUT2D eigenvalue weighted by Crippen LogP contribution is 2.45. The lowest BCUT2D eigenvalue weighted by atomic mass is 9.68. The summed E-state index contributed by atoms with van der Waals surface area (Å²) in [5.41, 5.74) is 0.563. The molecule has 1 aromatic rings. The monoisotopic (exact) mass is 412 g/mol. The summed E-state index contributed by atoms with van der Waals surface area (Å²) in [5.74, 6) is -0.629. The number of halogens is 4. The normalized spacial score (nSPS) is 28.2. The van der Waals surface area contributed by atoms with Gasteiger partial charge in [-0.15, -0.1) is 0 Å². The molecular formula is C24H32F4O. The molecule has 0 heterocycles. The van der Waals surface area contributed by atoms with E-state index < -0.39 is 24.0 Å². The predicted molar refractivity (Wildman–Crippen MR) is 107 cm³/mol. The zero-order valence-electron chi connectivity index (χ0n) is 17.2. The van der Waals surface area contributed by atoms with Gasteiger partial charge in [-0.1, -0.05) is 25.0 Å². The van der Waals surface area contributed by atoms with Crippen molar-refractivity contribution in [1.29, 1.82) is 0 Å². The van der Waals surface area contributed by atoms with E-state index in [4.69, 9.17) is 0 Å². The molecule has 0 amide bonds. The maximum absolute atomic E-state index is 14.0. The van der Waals surface area contributed by atoms with Crippen molar-refractivity contribution >= 4 is 0 Å². The van der Waals surface area contributed by atoms with Gasteiger partial charge in [0, 0.05) is 0 Å². The van der Waals surface area contributed by atoms with Crippen LogP contribution in [-0.4, -0.2) is 6.61 Å². The van der Waals surface area contributed by atoms with Crippen LogP contribution in [-0.2, 0) is 0 Å².